The van der Waals surface area contributed by atoms with E-state index in [-0.39, 0.29) is 12.1 Å². The largest absolute Gasteiger partial charge is 0.378 e. The van der Waals surface area contributed by atoms with Crippen LogP contribution in [0.2, 0.25) is 0 Å². The summed E-state index contributed by atoms with van der Waals surface area (Å²) in [5, 5.41) is 0. The van der Waals surface area contributed by atoms with Gasteiger partial charge in [0.1, 0.15) is 0 Å². The Bertz CT molecular complexity index is 557. The van der Waals surface area contributed by atoms with Crippen LogP contribution in [0.3, 0.4) is 0 Å². The maximum Gasteiger partial charge on any atom is 0.243 e. The second kappa shape index (κ2) is 6.22. The normalized spacial score (nSPS) is 22.6. The van der Waals surface area contributed by atoms with Crippen LogP contribution in [0.25, 0.3) is 0 Å². The van der Waals surface area contributed by atoms with Gasteiger partial charge >= 0.3 is 0 Å². The van der Waals surface area contributed by atoms with E-state index in [1.165, 1.54) is 0 Å². The predicted octanol–water partition coefficient (Wildman–Crippen LogP) is 1.51. The Kier molecular flexibility index (Phi) is 4.80. The minimum absolute atomic E-state index is 0.0901. The molecular formula is C14H22N2O3S. The minimum Gasteiger partial charge on any atom is -0.378 e. The molecule has 2 unspecified atom stereocenters. The SMILES string of the molecule is CCC1COCCN1S(=O)(=O)c1cccc(C(C)N)c1. The standard InChI is InChI=1S/C14H22N2O3S/c1-3-13-10-19-8-7-16(13)20(17,18)14-6-4-5-12(9-14)11(2)15/h4-6,9,11,13H,3,7-8,10,15H2,1-2H3. The fourth-order valence-electron chi connectivity index (χ4n) is 2.37. The highest BCUT2D eigenvalue weighted by Gasteiger charge is 2.33. The Morgan fingerprint density at radius 2 is 2.25 bits per heavy atom. The molecule has 0 amide bonds. The van der Waals surface area contributed by atoms with E-state index in [0.717, 1.165) is 12.0 Å². The molecule has 1 aromatic rings. The number of morpholine rings is 1. The van der Waals surface area contributed by atoms with Crippen molar-refractivity contribution in [2.24, 2.45) is 5.73 Å². The molecule has 1 fully saturated rings. The van der Waals surface area contributed by atoms with Crippen LogP contribution in [-0.2, 0) is 14.8 Å². The summed E-state index contributed by atoms with van der Waals surface area (Å²) in [5.74, 6) is 0. The van der Waals surface area contributed by atoms with Gasteiger partial charge in [0.05, 0.1) is 18.1 Å². The smallest absolute Gasteiger partial charge is 0.243 e. The Morgan fingerprint density at radius 1 is 1.50 bits per heavy atom. The lowest BCUT2D eigenvalue weighted by Crippen LogP contribution is -2.48. The second-order valence-electron chi connectivity index (χ2n) is 5.11. The van der Waals surface area contributed by atoms with Gasteiger partial charge in [-0.2, -0.15) is 4.31 Å². The third kappa shape index (κ3) is 3.03. The first kappa shape index (κ1) is 15.4. The molecule has 1 heterocycles. The van der Waals surface area contributed by atoms with E-state index in [4.69, 9.17) is 10.5 Å². The molecule has 1 saturated heterocycles. The summed E-state index contributed by atoms with van der Waals surface area (Å²) in [5.41, 5.74) is 6.66. The highest BCUT2D eigenvalue weighted by molar-refractivity contribution is 7.89. The highest BCUT2D eigenvalue weighted by Crippen LogP contribution is 2.24. The van der Waals surface area contributed by atoms with Crippen molar-refractivity contribution in [3.8, 4) is 0 Å². The summed E-state index contributed by atoms with van der Waals surface area (Å²) in [6, 6.07) is 6.61. The van der Waals surface area contributed by atoms with Gasteiger partial charge in [-0.15, -0.1) is 0 Å². The van der Waals surface area contributed by atoms with Crippen LogP contribution in [0, 0.1) is 0 Å². The molecule has 0 bridgehead atoms. The number of hydrogen-bond donors (Lipinski definition) is 1. The molecule has 6 heteroatoms. The molecule has 2 N–H and O–H groups in total. The van der Waals surface area contributed by atoms with E-state index in [0.29, 0.717) is 24.7 Å². The summed E-state index contributed by atoms with van der Waals surface area (Å²) in [6.07, 6.45) is 0.742. The van der Waals surface area contributed by atoms with Crippen LogP contribution in [0.4, 0.5) is 0 Å². The zero-order valence-electron chi connectivity index (χ0n) is 12.0. The van der Waals surface area contributed by atoms with Crippen molar-refractivity contribution in [2.75, 3.05) is 19.8 Å². The van der Waals surface area contributed by atoms with Gasteiger partial charge in [0.15, 0.2) is 0 Å². The fraction of sp³-hybridized carbons (Fsp3) is 0.571. The van der Waals surface area contributed by atoms with Gasteiger partial charge in [-0.3, -0.25) is 0 Å². The Balaban J connectivity index is 2.36. The lowest BCUT2D eigenvalue weighted by atomic mass is 10.1. The van der Waals surface area contributed by atoms with E-state index in [1.54, 1.807) is 22.5 Å². The number of benzene rings is 1. The molecule has 1 aliphatic heterocycles. The molecule has 0 saturated carbocycles. The van der Waals surface area contributed by atoms with Crippen molar-refractivity contribution in [3.05, 3.63) is 29.8 Å². The number of nitrogens with two attached hydrogens (primary N) is 1. The molecule has 1 aromatic carbocycles. The van der Waals surface area contributed by atoms with Gasteiger partial charge in [0.2, 0.25) is 10.0 Å². The molecule has 5 nitrogen and oxygen atoms in total. The van der Waals surface area contributed by atoms with Crippen molar-refractivity contribution < 1.29 is 13.2 Å². The van der Waals surface area contributed by atoms with Gasteiger partial charge in [-0.25, -0.2) is 8.42 Å². The average Bonchev–Trinajstić information content (AvgIpc) is 2.47. The minimum atomic E-state index is -3.48. The van der Waals surface area contributed by atoms with Crippen LogP contribution in [0.15, 0.2) is 29.2 Å². The second-order valence-corrected chi connectivity index (χ2v) is 7.00. The third-order valence-electron chi connectivity index (χ3n) is 3.64. The zero-order chi connectivity index (χ0) is 14.8. The van der Waals surface area contributed by atoms with Gasteiger partial charge < -0.3 is 10.5 Å². The van der Waals surface area contributed by atoms with Gasteiger partial charge in [0.25, 0.3) is 0 Å². The fourth-order valence-corrected chi connectivity index (χ4v) is 4.09. The molecule has 20 heavy (non-hydrogen) atoms. The number of nitrogens with zero attached hydrogens (tertiary/aromatic N) is 1. The van der Waals surface area contributed by atoms with Crippen molar-refractivity contribution in [2.45, 2.75) is 37.2 Å². The molecule has 1 aliphatic rings. The van der Waals surface area contributed by atoms with Crippen molar-refractivity contribution >= 4 is 10.0 Å². The van der Waals surface area contributed by atoms with Gasteiger partial charge in [-0.05, 0) is 31.0 Å². The van der Waals surface area contributed by atoms with E-state index < -0.39 is 10.0 Å². The van der Waals surface area contributed by atoms with Gasteiger partial charge in [-0.1, -0.05) is 19.1 Å². The van der Waals surface area contributed by atoms with Crippen LogP contribution in [0.5, 0.6) is 0 Å². The molecule has 112 valence electrons. The summed E-state index contributed by atoms with van der Waals surface area (Å²) in [4.78, 5) is 0.313. The van der Waals surface area contributed by atoms with Crippen LogP contribution in [-0.4, -0.2) is 38.5 Å². The lowest BCUT2D eigenvalue weighted by molar-refractivity contribution is 0.0314. The van der Waals surface area contributed by atoms with Gasteiger partial charge in [0, 0.05) is 18.6 Å². The predicted molar refractivity (Wildman–Crippen MR) is 77.8 cm³/mol. The van der Waals surface area contributed by atoms with E-state index in [1.807, 2.05) is 19.9 Å². The average molecular weight is 298 g/mol. The summed E-state index contributed by atoms with van der Waals surface area (Å²) >= 11 is 0. The molecule has 2 rings (SSSR count). The first-order valence-electron chi connectivity index (χ1n) is 6.92. The van der Waals surface area contributed by atoms with Crippen LogP contribution >= 0.6 is 0 Å². The quantitative estimate of drug-likeness (QED) is 0.914. The Labute approximate surface area is 120 Å². The number of rotatable bonds is 4. The lowest BCUT2D eigenvalue weighted by Gasteiger charge is -2.34. The summed E-state index contributed by atoms with van der Waals surface area (Å²) < 4.78 is 32.4. The van der Waals surface area contributed by atoms with Crippen LogP contribution < -0.4 is 5.73 Å². The summed E-state index contributed by atoms with van der Waals surface area (Å²) in [7, 11) is -3.48. The molecule has 0 radical (unpaired) electrons. The summed E-state index contributed by atoms with van der Waals surface area (Å²) in [6.45, 7) is 5.13. The first-order valence-corrected chi connectivity index (χ1v) is 8.36. The third-order valence-corrected chi connectivity index (χ3v) is 5.58. The number of sulfonamides is 1. The van der Waals surface area contributed by atoms with Crippen molar-refractivity contribution in [1.29, 1.82) is 0 Å². The Morgan fingerprint density at radius 3 is 2.90 bits per heavy atom. The first-order chi connectivity index (χ1) is 9.46. The monoisotopic (exact) mass is 298 g/mol. The van der Waals surface area contributed by atoms with Crippen LogP contribution in [0.1, 0.15) is 31.9 Å². The number of hydrogen-bond acceptors (Lipinski definition) is 4. The maximum atomic E-state index is 12.8. The van der Waals surface area contributed by atoms with E-state index in [2.05, 4.69) is 0 Å². The molecular weight excluding hydrogens is 276 g/mol. The van der Waals surface area contributed by atoms with E-state index in [9.17, 15) is 8.42 Å². The Hall–Kier alpha value is -0.950. The van der Waals surface area contributed by atoms with Crippen molar-refractivity contribution in [3.63, 3.8) is 0 Å². The molecule has 0 spiro atoms. The molecule has 0 aromatic heterocycles. The number of ether oxygens (including phenoxy) is 1. The maximum absolute atomic E-state index is 12.8. The zero-order valence-corrected chi connectivity index (χ0v) is 12.8. The highest BCUT2D eigenvalue weighted by atomic mass is 32.2. The topological polar surface area (TPSA) is 72.6 Å². The molecule has 0 aliphatic carbocycles. The molecule has 2 atom stereocenters. The van der Waals surface area contributed by atoms with E-state index >= 15 is 0 Å². The van der Waals surface area contributed by atoms with Crippen molar-refractivity contribution in [1.82, 2.24) is 4.31 Å².